The van der Waals surface area contributed by atoms with E-state index in [2.05, 4.69) is 21.8 Å². The lowest BCUT2D eigenvalue weighted by molar-refractivity contribution is -0.118. The number of ether oxygens (including phenoxy) is 3. The lowest BCUT2D eigenvalue weighted by Gasteiger charge is -2.29. The summed E-state index contributed by atoms with van der Waals surface area (Å²) in [5.41, 5.74) is 2.59. The molecule has 31 heavy (non-hydrogen) atoms. The summed E-state index contributed by atoms with van der Waals surface area (Å²) in [5, 5.41) is 9.07. The fraction of sp³-hybridized carbons (Fsp3) is 0.182. The largest absolute Gasteiger partial charge is 0.454 e. The highest BCUT2D eigenvalue weighted by Gasteiger charge is 2.35. The van der Waals surface area contributed by atoms with E-state index in [1.807, 2.05) is 36.4 Å². The summed E-state index contributed by atoms with van der Waals surface area (Å²) in [7, 11) is 0. The molecule has 2 aliphatic rings. The van der Waals surface area contributed by atoms with Gasteiger partial charge in [0.25, 0.3) is 0 Å². The molecule has 3 aromatic rings. The number of carbonyl (C=O) groups excluding carboxylic acids is 1. The smallest absolute Gasteiger partial charge is 0.247 e. The van der Waals surface area contributed by atoms with Gasteiger partial charge >= 0.3 is 0 Å². The Hall–Kier alpha value is -3.59. The Kier molecular flexibility index (Phi) is 4.95. The van der Waals surface area contributed by atoms with Crippen LogP contribution in [0.5, 0.6) is 17.4 Å². The molecule has 1 unspecified atom stereocenters. The molecule has 0 saturated heterocycles. The summed E-state index contributed by atoms with van der Waals surface area (Å²) in [4.78, 5) is 19.0. The van der Waals surface area contributed by atoms with Crippen molar-refractivity contribution in [1.29, 1.82) is 0 Å². The third kappa shape index (κ3) is 3.46. The summed E-state index contributed by atoms with van der Waals surface area (Å²) in [6.45, 7) is 5.38. The van der Waals surface area contributed by atoms with Crippen LogP contribution in [0.25, 0.3) is 11.3 Å². The Morgan fingerprint density at radius 2 is 2.06 bits per heavy atom. The highest BCUT2D eigenvalue weighted by atomic mass is 32.2. The molecular formula is C22H18N4O4S. The van der Waals surface area contributed by atoms with Crippen LogP contribution in [-0.2, 0) is 4.79 Å². The van der Waals surface area contributed by atoms with Crippen molar-refractivity contribution in [2.45, 2.75) is 18.3 Å². The first kappa shape index (κ1) is 19.4. The van der Waals surface area contributed by atoms with Crippen LogP contribution in [0.15, 0.2) is 60.3 Å². The summed E-state index contributed by atoms with van der Waals surface area (Å²) in [6.07, 6.45) is 0.992. The van der Waals surface area contributed by atoms with Gasteiger partial charge < -0.3 is 14.2 Å². The normalized spacial score (nSPS) is 16.0. The number of amides is 1. The van der Waals surface area contributed by atoms with Crippen molar-refractivity contribution in [3.8, 4) is 28.6 Å². The monoisotopic (exact) mass is 434 g/mol. The van der Waals surface area contributed by atoms with E-state index >= 15 is 0 Å². The molecule has 0 bridgehead atoms. The second-order valence-electron chi connectivity index (χ2n) is 6.84. The Morgan fingerprint density at radius 3 is 2.90 bits per heavy atom. The number of thioether (sulfide) groups is 1. The molecule has 9 heteroatoms. The second kappa shape index (κ2) is 7.92. The number of fused-ring (bicyclic) bond motifs is 4. The molecule has 156 valence electrons. The van der Waals surface area contributed by atoms with E-state index in [1.165, 1.54) is 18.7 Å². The quantitative estimate of drug-likeness (QED) is 0.450. The summed E-state index contributed by atoms with van der Waals surface area (Å²) in [5.74, 6) is 2.02. The van der Waals surface area contributed by atoms with Crippen molar-refractivity contribution in [3.63, 3.8) is 0 Å². The van der Waals surface area contributed by atoms with E-state index in [4.69, 9.17) is 14.2 Å². The van der Waals surface area contributed by atoms with Crippen LogP contribution in [0, 0.1) is 0 Å². The number of para-hydroxylation sites is 1. The highest BCUT2D eigenvalue weighted by Crippen LogP contribution is 2.44. The average Bonchev–Trinajstić information content (AvgIpc) is 3.19. The Morgan fingerprint density at radius 1 is 1.23 bits per heavy atom. The first-order valence-electron chi connectivity index (χ1n) is 9.59. The number of nitrogens with zero attached hydrogens (tertiary/aromatic N) is 4. The van der Waals surface area contributed by atoms with E-state index in [1.54, 1.807) is 17.0 Å². The molecule has 2 aliphatic heterocycles. The summed E-state index contributed by atoms with van der Waals surface area (Å²) in [6, 6.07) is 13.0. The highest BCUT2D eigenvalue weighted by molar-refractivity contribution is 7.99. The Labute approximate surface area is 182 Å². The molecule has 0 saturated carbocycles. The van der Waals surface area contributed by atoms with E-state index in [-0.39, 0.29) is 12.7 Å². The molecule has 0 N–H and O–H groups in total. The van der Waals surface area contributed by atoms with E-state index in [9.17, 15) is 4.79 Å². The topological polar surface area (TPSA) is 86.7 Å². The molecule has 1 atom stereocenters. The van der Waals surface area contributed by atoms with Crippen molar-refractivity contribution in [2.75, 3.05) is 17.4 Å². The van der Waals surface area contributed by atoms with Crippen LogP contribution in [-0.4, -0.2) is 33.6 Å². The molecule has 1 aromatic heterocycles. The van der Waals surface area contributed by atoms with Crippen molar-refractivity contribution in [3.05, 3.63) is 60.7 Å². The number of hydrogen-bond donors (Lipinski definition) is 0. The van der Waals surface area contributed by atoms with E-state index in [0.29, 0.717) is 39.7 Å². The second-order valence-corrected chi connectivity index (χ2v) is 7.82. The molecule has 0 fully saturated rings. The lowest BCUT2D eigenvalue weighted by atomic mass is 10.1. The molecule has 0 aliphatic carbocycles. The van der Waals surface area contributed by atoms with Gasteiger partial charge in [0.15, 0.2) is 17.2 Å². The zero-order valence-corrected chi connectivity index (χ0v) is 17.5. The number of carbonyl (C=O) groups is 1. The van der Waals surface area contributed by atoms with Gasteiger partial charge in [-0.15, -0.1) is 16.8 Å². The fourth-order valence-electron chi connectivity index (χ4n) is 3.53. The number of rotatable bonds is 4. The van der Waals surface area contributed by atoms with Gasteiger partial charge in [0.2, 0.25) is 30.0 Å². The molecule has 0 spiro atoms. The molecule has 8 nitrogen and oxygen atoms in total. The number of aromatic nitrogens is 3. The van der Waals surface area contributed by atoms with Crippen LogP contribution in [0.4, 0.5) is 5.69 Å². The van der Waals surface area contributed by atoms with Crippen LogP contribution in [0.1, 0.15) is 18.7 Å². The van der Waals surface area contributed by atoms with Gasteiger partial charge in [-0.2, -0.15) is 4.98 Å². The maximum absolute atomic E-state index is 12.8. The van der Waals surface area contributed by atoms with Crippen LogP contribution < -0.4 is 19.1 Å². The summed E-state index contributed by atoms with van der Waals surface area (Å²) < 4.78 is 17.3. The molecule has 2 aromatic carbocycles. The minimum Gasteiger partial charge on any atom is -0.454 e. The molecule has 5 rings (SSSR count). The van der Waals surface area contributed by atoms with Crippen molar-refractivity contribution >= 4 is 23.4 Å². The maximum atomic E-state index is 12.8. The SMILES string of the molecule is C=CCSc1nnc2c(n1)OC(c1ccc3c(c1)OCO3)N(C(C)=O)c1ccccc1-2. The van der Waals surface area contributed by atoms with Gasteiger partial charge in [0.1, 0.15) is 0 Å². The molecule has 1 amide bonds. The average molecular weight is 434 g/mol. The first-order valence-corrected chi connectivity index (χ1v) is 10.6. The van der Waals surface area contributed by atoms with Gasteiger partial charge in [0, 0.05) is 23.8 Å². The van der Waals surface area contributed by atoms with Crippen LogP contribution in [0.2, 0.25) is 0 Å². The maximum Gasteiger partial charge on any atom is 0.247 e. The third-order valence-electron chi connectivity index (χ3n) is 4.86. The minimum absolute atomic E-state index is 0.160. The van der Waals surface area contributed by atoms with Crippen molar-refractivity contribution in [1.82, 2.24) is 15.2 Å². The Balaban J connectivity index is 1.68. The van der Waals surface area contributed by atoms with Gasteiger partial charge in [0.05, 0.1) is 5.69 Å². The molecule has 3 heterocycles. The predicted octanol–water partition coefficient (Wildman–Crippen LogP) is 3.99. The predicted molar refractivity (Wildman–Crippen MR) is 115 cm³/mol. The Bertz CT molecular complexity index is 1190. The number of benzene rings is 2. The summed E-state index contributed by atoms with van der Waals surface area (Å²) >= 11 is 1.40. The minimum atomic E-state index is -0.775. The number of hydrogen-bond acceptors (Lipinski definition) is 8. The van der Waals surface area contributed by atoms with Crippen LogP contribution >= 0.6 is 11.8 Å². The third-order valence-corrected chi connectivity index (χ3v) is 5.70. The van der Waals surface area contributed by atoms with Gasteiger partial charge in [-0.1, -0.05) is 36.0 Å². The molecule has 0 radical (unpaired) electrons. The van der Waals surface area contributed by atoms with Gasteiger partial charge in [-0.25, -0.2) is 0 Å². The van der Waals surface area contributed by atoms with Gasteiger partial charge in [-0.05, 0) is 24.3 Å². The zero-order chi connectivity index (χ0) is 21.4. The lowest BCUT2D eigenvalue weighted by Crippen LogP contribution is -2.36. The van der Waals surface area contributed by atoms with E-state index in [0.717, 1.165) is 11.1 Å². The number of anilines is 1. The standard InChI is InChI=1S/C22H18N4O4S/c1-3-10-31-22-23-20-19(24-25-22)15-6-4-5-7-16(15)26(13(2)27)21(30-20)14-8-9-17-18(11-14)29-12-28-17/h3-9,11,21H,1,10,12H2,2H3. The molecular weight excluding hydrogens is 416 g/mol. The van der Waals surface area contributed by atoms with Crippen molar-refractivity contribution in [2.24, 2.45) is 0 Å². The van der Waals surface area contributed by atoms with Gasteiger partial charge in [-0.3, -0.25) is 9.69 Å². The fourth-order valence-corrected chi connectivity index (χ4v) is 4.04. The first-order chi connectivity index (χ1) is 15.2. The van der Waals surface area contributed by atoms with E-state index < -0.39 is 6.23 Å². The zero-order valence-electron chi connectivity index (χ0n) is 16.6. The van der Waals surface area contributed by atoms with Crippen LogP contribution in [0.3, 0.4) is 0 Å². The van der Waals surface area contributed by atoms with Crippen molar-refractivity contribution < 1.29 is 19.0 Å².